The van der Waals surface area contributed by atoms with Crippen LogP contribution in [-0.4, -0.2) is 30.2 Å². The second kappa shape index (κ2) is 6.23. The van der Waals surface area contributed by atoms with Crippen molar-refractivity contribution >= 4 is 23.3 Å². The van der Waals surface area contributed by atoms with Gasteiger partial charge < -0.3 is 10.1 Å². The van der Waals surface area contributed by atoms with Crippen molar-refractivity contribution in [2.45, 2.75) is 19.8 Å². The van der Waals surface area contributed by atoms with E-state index in [0.717, 1.165) is 0 Å². The third kappa shape index (κ3) is 3.59. The summed E-state index contributed by atoms with van der Waals surface area (Å²) in [5.74, 6) is -7.90. The van der Waals surface area contributed by atoms with E-state index in [-0.39, 0.29) is 17.9 Å². The van der Waals surface area contributed by atoms with E-state index in [1.807, 2.05) is 5.32 Å². The van der Waals surface area contributed by atoms with Gasteiger partial charge in [-0.1, -0.05) is 0 Å². The van der Waals surface area contributed by atoms with Gasteiger partial charge in [0.05, 0.1) is 12.2 Å². The van der Waals surface area contributed by atoms with Crippen LogP contribution in [0.15, 0.2) is 24.3 Å². The zero-order chi connectivity index (χ0) is 15.3. The standard InChI is InChI=1S/C13H13F2NO4/c1-3-20-11(18)9-4-6-10(7-5-9)16-12(19)13(14,15)8(2)17/h4-7H,3H2,1-2H3,(H,16,19). The topological polar surface area (TPSA) is 72.5 Å². The highest BCUT2D eigenvalue weighted by Gasteiger charge is 2.44. The van der Waals surface area contributed by atoms with Gasteiger partial charge in [0.1, 0.15) is 0 Å². The van der Waals surface area contributed by atoms with Crippen molar-refractivity contribution in [2.75, 3.05) is 11.9 Å². The Labute approximate surface area is 113 Å². The van der Waals surface area contributed by atoms with Crippen LogP contribution >= 0.6 is 0 Å². The number of anilines is 1. The average Bonchev–Trinajstić information content (AvgIpc) is 2.39. The molecule has 1 aromatic carbocycles. The number of hydrogen-bond acceptors (Lipinski definition) is 4. The molecule has 20 heavy (non-hydrogen) atoms. The number of Topliss-reactive ketones (excluding diaryl/α,β-unsaturated/α-hetero) is 1. The summed E-state index contributed by atoms with van der Waals surface area (Å²) < 4.78 is 30.9. The van der Waals surface area contributed by atoms with E-state index in [1.54, 1.807) is 6.92 Å². The molecule has 0 heterocycles. The Bertz CT molecular complexity index is 526. The van der Waals surface area contributed by atoms with E-state index in [1.165, 1.54) is 24.3 Å². The monoisotopic (exact) mass is 285 g/mol. The van der Waals surface area contributed by atoms with Gasteiger partial charge in [-0.15, -0.1) is 0 Å². The number of carbonyl (C=O) groups excluding carboxylic acids is 3. The molecule has 0 radical (unpaired) electrons. The molecule has 0 saturated carbocycles. The van der Waals surface area contributed by atoms with Crippen molar-refractivity contribution in [2.24, 2.45) is 0 Å². The lowest BCUT2D eigenvalue weighted by molar-refractivity contribution is -0.153. The Morgan fingerprint density at radius 3 is 2.20 bits per heavy atom. The molecule has 1 aromatic rings. The summed E-state index contributed by atoms with van der Waals surface area (Å²) >= 11 is 0. The molecular weight excluding hydrogens is 272 g/mol. The number of amides is 1. The van der Waals surface area contributed by atoms with Crippen molar-refractivity contribution in [3.05, 3.63) is 29.8 Å². The van der Waals surface area contributed by atoms with Crippen LogP contribution in [0, 0.1) is 0 Å². The van der Waals surface area contributed by atoms with E-state index >= 15 is 0 Å². The van der Waals surface area contributed by atoms with Crippen LogP contribution in [0.1, 0.15) is 24.2 Å². The molecule has 0 saturated heterocycles. The summed E-state index contributed by atoms with van der Waals surface area (Å²) in [4.78, 5) is 33.2. The normalized spacial score (nSPS) is 10.8. The molecule has 0 fully saturated rings. The van der Waals surface area contributed by atoms with Crippen LogP contribution in [0.4, 0.5) is 14.5 Å². The van der Waals surface area contributed by atoms with Gasteiger partial charge in [0, 0.05) is 12.6 Å². The molecule has 108 valence electrons. The summed E-state index contributed by atoms with van der Waals surface area (Å²) in [7, 11) is 0. The van der Waals surface area contributed by atoms with E-state index in [2.05, 4.69) is 0 Å². The minimum Gasteiger partial charge on any atom is -0.462 e. The summed E-state index contributed by atoms with van der Waals surface area (Å²) in [5.41, 5.74) is 0.271. The maximum atomic E-state index is 13.1. The van der Waals surface area contributed by atoms with Gasteiger partial charge in [-0.05, 0) is 31.2 Å². The number of rotatable bonds is 5. The number of ether oxygens (including phenoxy) is 1. The fourth-order valence-electron chi connectivity index (χ4n) is 1.27. The molecule has 7 heteroatoms. The Morgan fingerprint density at radius 1 is 1.20 bits per heavy atom. The summed E-state index contributed by atoms with van der Waals surface area (Å²) in [6.07, 6.45) is 0. The highest BCUT2D eigenvalue weighted by atomic mass is 19.3. The number of nitrogens with one attached hydrogen (secondary N) is 1. The Kier molecular flexibility index (Phi) is 4.90. The number of carbonyl (C=O) groups is 3. The quantitative estimate of drug-likeness (QED) is 0.663. The number of benzene rings is 1. The Hall–Kier alpha value is -2.31. The number of alkyl halides is 2. The Morgan fingerprint density at radius 2 is 1.75 bits per heavy atom. The zero-order valence-electron chi connectivity index (χ0n) is 10.9. The van der Waals surface area contributed by atoms with Gasteiger partial charge in [-0.3, -0.25) is 9.59 Å². The summed E-state index contributed by atoms with van der Waals surface area (Å²) in [5, 5.41) is 1.90. The van der Waals surface area contributed by atoms with E-state index in [4.69, 9.17) is 4.74 Å². The highest BCUT2D eigenvalue weighted by molar-refractivity contribution is 6.12. The van der Waals surface area contributed by atoms with Gasteiger partial charge >= 0.3 is 17.8 Å². The third-order valence-electron chi connectivity index (χ3n) is 2.38. The lowest BCUT2D eigenvalue weighted by atomic mass is 10.2. The van der Waals surface area contributed by atoms with Crippen LogP contribution in [0.3, 0.4) is 0 Å². The minimum absolute atomic E-state index is 0.0453. The Balaban J connectivity index is 2.78. The third-order valence-corrected chi connectivity index (χ3v) is 2.38. The maximum Gasteiger partial charge on any atom is 0.381 e. The molecule has 1 N–H and O–H groups in total. The first-order valence-electron chi connectivity index (χ1n) is 5.76. The molecule has 0 aliphatic carbocycles. The largest absolute Gasteiger partial charge is 0.462 e. The van der Waals surface area contributed by atoms with Gasteiger partial charge in [-0.2, -0.15) is 8.78 Å². The molecule has 1 amide bonds. The first kappa shape index (κ1) is 15.7. The molecule has 0 spiro atoms. The molecule has 0 aliphatic rings. The molecule has 0 aromatic heterocycles. The predicted molar refractivity (Wildman–Crippen MR) is 66.7 cm³/mol. The second-order valence-corrected chi connectivity index (χ2v) is 3.88. The smallest absolute Gasteiger partial charge is 0.381 e. The van der Waals surface area contributed by atoms with E-state index in [9.17, 15) is 23.2 Å². The molecule has 1 rings (SSSR count). The van der Waals surface area contributed by atoms with Gasteiger partial charge in [-0.25, -0.2) is 4.79 Å². The van der Waals surface area contributed by atoms with Gasteiger partial charge in [0.25, 0.3) is 0 Å². The lowest BCUT2D eigenvalue weighted by Gasteiger charge is -2.12. The van der Waals surface area contributed by atoms with Crippen molar-refractivity contribution < 1.29 is 27.9 Å². The van der Waals surface area contributed by atoms with Gasteiger partial charge in [0.2, 0.25) is 5.78 Å². The van der Waals surface area contributed by atoms with Crippen LogP contribution < -0.4 is 5.32 Å². The van der Waals surface area contributed by atoms with E-state index in [0.29, 0.717) is 6.92 Å². The van der Waals surface area contributed by atoms with Gasteiger partial charge in [0.15, 0.2) is 0 Å². The summed E-state index contributed by atoms with van der Waals surface area (Å²) in [6.45, 7) is 2.49. The van der Waals surface area contributed by atoms with Crippen LogP contribution in [0.2, 0.25) is 0 Å². The fourth-order valence-corrected chi connectivity index (χ4v) is 1.27. The van der Waals surface area contributed by atoms with Crippen LogP contribution in [0.25, 0.3) is 0 Å². The zero-order valence-corrected chi connectivity index (χ0v) is 10.9. The van der Waals surface area contributed by atoms with Crippen molar-refractivity contribution in [3.8, 4) is 0 Å². The molecule has 0 unspecified atom stereocenters. The fraction of sp³-hybridized carbons (Fsp3) is 0.308. The highest BCUT2D eigenvalue weighted by Crippen LogP contribution is 2.18. The number of halogens is 2. The molecule has 0 bridgehead atoms. The van der Waals surface area contributed by atoms with Crippen molar-refractivity contribution in [3.63, 3.8) is 0 Å². The number of esters is 1. The summed E-state index contributed by atoms with van der Waals surface area (Å²) in [6, 6.07) is 5.17. The van der Waals surface area contributed by atoms with Crippen LogP contribution in [-0.2, 0) is 14.3 Å². The average molecular weight is 285 g/mol. The first-order valence-corrected chi connectivity index (χ1v) is 5.76. The van der Waals surface area contributed by atoms with Crippen molar-refractivity contribution in [1.82, 2.24) is 0 Å². The van der Waals surface area contributed by atoms with Crippen LogP contribution in [0.5, 0.6) is 0 Å². The second-order valence-electron chi connectivity index (χ2n) is 3.88. The van der Waals surface area contributed by atoms with E-state index < -0.39 is 23.6 Å². The van der Waals surface area contributed by atoms with Crippen molar-refractivity contribution in [1.29, 1.82) is 0 Å². The molecule has 0 aliphatic heterocycles. The number of ketones is 1. The SMILES string of the molecule is CCOC(=O)c1ccc(NC(=O)C(F)(F)C(C)=O)cc1. The minimum atomic E-state index is -4.08. The maximum absolute atomic E-state index is 13.1. The number of hydrogen-bond donors (Lipinski definition) is 1. The first-order chi connectivity index (χ1) is 9.28. The predicted octanol–water partition coefficient (Wildman–Crippen LogP) is 2.03. The molecule has 0 atom stereocenters. The molecule has 5 nitrogen and oxygen atoms in total. The molecular formula is C13H13F2NO4. The lowest BCUT2D eigenvalue weighted by Crippen LogP contribution is -2.40.